The van der Waals surface area contributed by atoms with E-state index in [0.717, 1.165) is 5.56 Å². The monoisotopic (exact) mass is 245 g/mol. The SMILES string of the molecule is COc1ccc(Cl)cc1CNC(=O)CS. The lowest BCUT2D eigenvalue weighted by atomic mass is 10.2. The summed E-state index contributed by atoms with van der Waals surface area (Å²) in [6.07, 6.45) is 0. The number of nitrogens with one attached hydrogen (secondary N) is 1. The van der Waals surface area contributed by atoms with Gasteiger partial charge in [0.05, 0.1) is 12.9 Å². The fourth-order valence-electron chi connectivity index (χ4n) is 1.14. The second-order valence-corrected chi connectivity index (χ2v) is 3.64. The van der Waals surface area contributed by atoms with E-state index in [4.69, 9.17) is 16.3 Å². The molecule has 1 amide bonds. The van der Waals surface area contributed by atoms with Crippen molar-refractivity contribution in [3.05, 3.63) is 28.8 Å². The summed E-state index contributed by atoms with van der Waals surface area (Å²) >= 11 is 9.70. The van der Waals surface area contributed by atoms with E-state index in [9.17, 15) is 4.79 Å². The quantitative estimate of drug-likeness (QED) is 0.796. The van der Waals surface area contributed by atoms with Crippen LogP contribution in [0.2, 0.25) is 5.02 Å². The molecule has 0 aliphatic heterocycles. The zero-order chi connectivity index (χ0) is 11.3. The van der Waals surface area contributed by atoms with Crippen LogP contribution in [-0.2, 0) is 11.3 Å². The highest BCUT2D eigenvalue weighted by Gasteiger charge is 2.05. The van der Waals surface area contributed by atoms with Crippen LogP contribution in [0.4, 0.5) is 0 Å². The van der Waals surface area contributed by atoms with Gasteiger partial charge in [-0.1, -0.05) is 11.6 Å². The second kappa shape index (κ2) is 5.88. The number of carbonyl (C=O) groups is 1. The number of hydrogen-bond acceptors (Lipinski definition) is 3. The van der Waals surface area contributed by atoms with E-state index in [2.05, 4.69) is 17.9 Å². The number of rotatable bonds is 4. The zero-order valence-electron chi connectivity index (χ0n) is 8.29. The Morgan fingerprint density at radius 3 is 2.93 bits per heavy atom. The molecule has 1 aromatic carbocycles. The van der Waals surface area contributed by atoms with Crippen LogP contribution < -0.4 is 10.1 Å². The lowest BCUT2D eigenvalue weighted by Crippen LogP contribution is -2.23. The minimum Gasteiger partial charge on any atom is -0.496 e. The van der Waals surface area contributed by atoms with Gasteiger partial charge in [-0.15, -0.1) is 0 Å². The van der Waals surface area contributed by atoms with Crippen LogP contribution in [-0.4, -0.2) is 18.8 Å². The number of methoxy groups -OCH3 is 1. The summed E-state index contributed by atoms with van der Waals surface area (Å²) in [7, 11) is 1.58. The van der Waals surface area contributed by atoms with Crippen molar-refractivity contribution in [1.82, 2.24) is 5.32 Å². The van der Waals surface area contributed by atoms with Gasteiger partial charge in [0.15, 0.2) is 0 Å². The van der Waals surface area contributed by atoms with Crippen LogP contribution in [0, 0.1) is 0 Å². The molecule has 3 nitrogen and oxygen atoms in total. The van der Waals surface area contributed by atoms with Gasteiger partial charge in [-0.3, -0.25) is 4.79 Å². The normalized spacial score (nSPS) is 9.80. The van der Waals surface area contributed by atoms with E-state index in [0.29, 0.717) is 17.3 Å². The molecule has 0 fully saturated rings. The molecule has 0 radical (unpaired) electrons. The number of amides is 1. The molecule has 1 rings (SSSR count). The van der Waals surface area contributed by atoms with Gasteiger partial charge in [0.25, 0.3) is 0 Å². The maximum Gasteiger partial charge on any atom is 0.229 e. The first-order valence-electron chi connectivity index (χ1n) is 4.37. The first-order chi connectivity index (χ1) is 7.17. The molecule has 0 saturated carbocycles. The van der Waals surface area contributed by atoms with Gasteiger partial charge in [0.1, 0.15) is 5.75 Å². The van der Waals surface area contributed by atoms with Crippen molar-refractivity contribution in [2.24, 2.45) is 0 Å². The third-order valence-electron chi connectivity index (χ3n) is 1.86. The minimum absolute atomic E-state index is 0.125. The van der Waals surface area contributed by atoms with E-state index in [-0.39, 0.29) is 11.7 Å². The van der Waals surface area contributed by atoms with E-state index < -0.39 is 0 Å². The summed E-state index contributed by atoms with van der Waals surface area (Å²) in [6.45, 7) is 0.392. The van der Waals surface area contributed by atoms with Gasteiger partial charge in [0, 0.05) is 17.1 Å². The van der Waals surface area contributed by atoms with Crippen LogP contribution >= 0.6 is 24.2 Å². The summed E-state index contributed by atoms with van der Waals surface area (Å²) in [6, 6.07) is 5.27. The van der Waals surface area contributed by atoms with Crippen LogP contribution in [0.15, 0.2) is 18.2 Å². The molecule has 0 bridgehead atoms. The molecule has 82 valence electrons. The molecule has 0 heterocycles. The summed E-state index contributed by atoms with van der Waals surface area (Å²) < 4.78 is 5.14. The average Bonchev–Trinajstić information content (AvgIpc) is 2.26. The summed E-state index contributed by atoms with van der Waals surface area (Å²) in [5, 5.41) is 3.31. The lowest BCUT2D eigenvalue weighted by Gasteiger charge is -2.09. The summed E-state index contributed by atoms with van der Waals surface area (Å²) in [4.78, 5) is 11.0. The molecule has 0 spiro atoms. The van der Waals surface area contributed by atoms with E-state index in [1.807, 2.05) is 0 Å². The minimum atomic E-state index is -0.125. The van der Waals surface area contributed by atoms with Crippen molar-refractivity contribution in [1.29, 1.82) is 0 Å². The molecular formula is C10H12ClNO2S. The number of halogens is 1. The third-order valence-corrected chi connectivity index (χ3v) is 2.38. The Labute approximate surface area is 99.2 Å². The topological polar surface area (TPSA) is 38.3 Å². The molecule has 1 aromatic rings. The fraction of sp³-hybridized carbons (Fsp3) is 0.300. The van der Waals surface area contributed by atoms with Crippen LogP contribution in [0.25, 0.3) is 0 Å². The highest BCUT2D eigenvalue weighted by atomic mass is 35.5. The van der Waals surface area contributed by atoms with E-state index >= 15 is 0 Å². The highest BCUT2D eigenvalue weighted by Crippen LogP contribution is 2.22. The Kier molecular flexibility index (Phi) is 4.78. The highest BCUT2D eigenvalue weighted by molar-refractivity contribution is 7.81. The largest absolute Gasteiger partial charge is 0.496 e. The molecule has 0 saturated heterocycles. The Hall–Kier alpha value is -0.870. The van der Waals surface area contributed by atoms with Gasteiger partial charge in [-0.25, -0.2) is 0 Å². The van der Waals surface area contributed by atoms with E-state index in [1.54, 1.807) is 25.3 Å². The van der Waals surface area contributed by atoms with Crippen molar-refractivity contribution in [3.8, 4) is 5.75 Å². The number of hydrogen-bond donors (Lipinski definition) is 2. The van der Waals surface area contributed by atoms with Crippen molar-refractivity contribution in [2.45, 2.75) is 6.54 Å². The number of thiol groups is 1. The predicted octanol–water partition coefficient (Wildman–Crippen LogP) is 1.89. The fourth-order valence-corrected chi connectivity index (χ4v) is 1.44. The molecule has 15 heavy (non-hydrogen) atoms. The predicted molar refractivity (Wildman–Crippen MR) is 63.7 cm³/mol. The first kappa shape index (κ1) is 12.2. The second-order valence-electron chi connectivity index (χ2n) is 2.89. The van der Waals surface area contributed by atoms with Crippen molar-refractivity contribution >= 4 is 30.1 Å². The molecule has 0 atom stereocenters. The zero-order valence-corrected chi connectivity index (χ0v) is 9.94. The number of ether oxygens (including phenoxy) is 1. The molecule has 0 aliphatic carbocycles. The Morgan fingerprint density at radius 2 is 2.33 bits per heavy atom. The lowest BCUT2D eigenvalue weighted by molar-refractivity contribution is -0.118. The maximum atomic E-state index is 11.0. The van der Waals surface area contributed by atoms with Gasteiger partial charge in [-0.05, 0) is 18.2 Å². The van der Waals surface area contributed by atoms with Crippen LogP contribution in [0.3, 0.4) is 0 Å². The molecular weight excluding hydrogens is 234 g/mol. The third kappa shape index (κ3) is 3.64. The number of benzene rings is 1. The van der Waals surface area contributed by atoms with Gasteiger partial charge < -0.3 is 10.1 Å². The van der Waals surface area contributed by atoms with Crippen molar-refractivity contribution in [2.75, 3.05) is 12.9 Å². The van der Waals surface area contributed by atoms with Crippen molar-refractivity contribution < 1.29 is 9.53 Å². The molecule has 0 unspecified atom stereocenters. The summed E-state index contributed by atoms with van der Waals surface area (Å²) in [5.41, 5.74) is 0.847. The Morgan fingerprint density at radius 1 is 1.60 bits per heavy atom. The van der Waals surface area contributed by atoms with Gasteiger partial charge in [-0.2, -0.15) is 12.6 Å². The van der Waals surface area contributed by atoms with Gasteiger partial charge >= 0.3 is 0 Å². The standard InChI is InChI=1S/C10H12ClNO2S/c1-14-9-3-2-8(11)4-7(9)5-12-10(13)6-15/h2-4,15H,5-6H2,1H3,(H,12,13). The molecule has 0 aliphatic rings. The van der Waals surface area contributed by atoms with Crippen LogP contribution in [0.1, 0.15) is 5.56 Å². The summed E-state index contributed by atoms with van der Waals surface area (Å²) in [5.74, 6) is 0.752. The van der Waals surface area contributed by atoms with Gasteiger partial charge in [0.2, 0.25) is 5.91 Å². The molecule has 0 aromatic heterocycles. The number of carbonyl (C=O) groups excluding carboxylic acids is 1. The molecule has 1 N–H and O–H groups in total. The average molecular weight is 246 g/mol. The van der Waals surface area contributed by atoms with E-state index in [1.165, 1.54) is 0 Å². The first-order valence-corrected chi connectivity index (χ1v) is 5.38. The Bertz CT molecular complexity index is 357. The van der Waals surface area contributed by atoms with Crippen LogP contribution in [0.5, 0.6) is 5.75 Å². The Balaban J connectivity index is 2.74. The van der Waals surface area contributed by atoms with Crippen molar-refractivity contribution in [3.63, 3.8) is 0 Å². The molecule has 5 heteroatoms. The maximum absolute atomic E-state index is 11.0. The smallest absolute Gasteiger partial charge is 0.229 e.